The molecule has 5 rings (SSSR count). The van der Waals surface area contributed by atoms with E-state index in [-0.39, 0.29) is 11.0 Å². The van der Waals surface area contributed by atoms with Crippen LogP contribution in [0.1, 0.15) is 10.4 Å². The molecule has 30 heavy (non-hydrogen) atoms. The Hall–Kier alpha value is -3.76. The van der Waals surface area contributed by atoms with Crippen molar-refractivity contribution in [1.29, 1.82) is 0 Å². The number of benzene rings is 3. The lowest BCUT2D eigenvalue weighted by Gasteiger charge is -2.09. The summed E-state index contributed by atoms with van der Waals surface area (Å²) in [6.07, 6.45) is 0. The summed E-state index contributed by atoms with van der Waals surface area (Å²) < 4.78 is 8.28. The first-order chi connectivity index (χ1) is 14.7. The molecule has 10 heteroatoms. The molecule has 0 unspecified atom stereocenters. The Bertz CT molecular complexity index is 1390. The van der Waals surface area contributed by atoms with Gasteiger partial charge in [0.15, 0.2) is 5.11 Å². The van der Waals surface area contributed by atoms with Crippen LogP contribution in [0, 0.1) is 0 Å². The summed E-state index contributed by atoms with van der Waals surface area (Å²) in [6, 6.07) is 20.3. The molecule has 5 aromatic rings. The molecule has 0 radical (unpaired) electrons. The average molecular weight is 432 g/mol. The molecule has 0 fully saturated rings. The second-order valence-corrected chi connectivity index (χ2v) is 7.34. The summed E-state index contributed by atoms with van der Waals surface area (Å²) in [5.41, 5.74) is 4.93. The monoisotopic (exact) mass is 431 g/mol. The molecule has 0 aliphatic heterocycles. The predicted molar refractivity (Wildman–Crippen MR) is 120 cm³/mol. The fourth-order valence-corrected chi connectivity index (χ4v) is 3.66. The van der Waals surface area contributed by atoms with Gasteiger partial charge in [0.1, 0.15) is 22.1 Å². The number of carbonyl (C=O) groups excluding carboxylic acids is 1. The van der Waals surface area contributed by atoms with Crippen molar-refractivity contribution in [1.82, 2.24) is 29.1 Å². The van der Waals surface area contributed by atoms with Gasteiger partial charge in [-0.15, -0.1) is 10.2 Å². The Morgan fingerprint density at radius 1 is 0.867 bits per heavy atom. The molecule has 3 aromatic carbocycles. The lowest BCUT2D eigenvalue weighted by atomic mass is 10.2. The van der Waals surface area contributed by atoms with Gasteiger partial charge in [-0.25, -0.2) is 0 Å². The quantitative estimate of drug-likeness (QED) is 0.422. The number of carbonyl (C=O) groups is 1. The fraction of sp³-hybridized carbons (Fsp3) is 0. The average Bonchev–Trinajstić information content (AvgIpc) is 3.40. The molecule has 8 nitrogen and oxygen atoms in total. The summed E-state index contributed by atoms with van der Waals surface area (Å²) in [5, 5.41) is 14.9. The van der Waals surface area contributed by atoms with E-state index in [1.54, 1.807) is 23.0 Å². The van der Waals surface area contributed by atoms with E-state index in [1.807, 2.05) is 48.5 Å². The van der Waals surface area contributed by atoms with Gasteiger partial charge >= 0.3 is 0 Å². The van der Waals surface area contributed by atoms with Gasteiger partial charge in [-0.3, -0.25) is 10.1 Å². The topological polar surface area (TPSA) is 97.6 Å². The Balaban J connectivity index is 1.30. The van der Waals surface area contributed by atoms with Crippen LogP contribution >= 0.6 is 23.9 Å². The smallest absolute Gasteiger partial charge is 0.257 e. The van der Waals surface area contributed by atoms with Gasteiger partial charge in [-0.1, -0.05) is 18.2 Å². The summed E-state index contributed by atoms with van der Waals surface area (Å²) in [6.45, 7) is 0. The Kier molecular flexibility index (Phi) is 4.62. The SMILES string of the molecule is O=C(NC(=S)Nc1ccc2nn(-c3ccccc3)nc2c1)c1ccc2nsnc2c1. The number of amides is 1. The maximum Gasteiger partial charge on any atom is 0.257 e. The first kappa shape index (κ1) is 18.3. The van der Waals surface area contributed by atoms with Crippen LogP contribution in [0.15, 0.2) is 66.7 Å². The van der Waals surface area contributed by atoms with Crippen molar-refractivity contribution in [2.45, 2.75) is 0 Å². The Labute approximate surface area is 179 Å². The van der Waals surface area contributed by atoms with Crippen molar-refractivity contribution < 1.29 is 4.79 Å². The molecule has 2 aromatic heterocycles. The molecule has 0 bridgehead atoms. The normalized spacial score (nSPS) is 10.9. The van der Waals surface area contributed by atoms with Gasteiger partial charge in [0.05, 0.1) is 17.4 Å². The van der Waals surface area contributed by atoms with Crippen LogP contribution in [0.25, 0.3) is 27.8 Å². The number of nitrogens with zero attached hydrogens (tertiary/aromatic N) is 5. The number of thiocarbonyl (C=S) groups is 1. The van der Waals surface area contributed by atoms with E-state index in [2.05, 4.69) is 29.6 Å². The largest absolute Gasteiger partial charge is 0.332 e. The highest BCUT2D eigenvalue weighted by atomic mass is 32.1. The zero-order valence-corrected chi connectivity index (χ0v) is 16.9. The number of hydrogen-bond donors (Lipinski definition) is 2. The van der Waals surface area contributed by atoms with E-state index in [4.69, 9.17) is 12.2 Å². The van der Waals surface area contributed by atoms with Crippen LogP contribution in [-0.2, 0) is 0 Å². The Morgan fingerprint density at radius 2 is 1.63 bits per heavy atom. The number of hydrogen-bond acceptors (Lipinski definition) is 7. The highest BCUT2D eigenvalue weighted by molar-refractivity contribution is 7.80. The number of aromatic nitrogens is 5. The second kappa shape index (κ2) is 7.58. The molecule has 0 aliphatic carbocycles. The molecular weight excluding hydrogens is 418 g/mol. The minimum atomic E-state index is -0.321. The third kappa shape index (κ3) is 3.61. The van der Waals surface area contributed by atoms with Crippen molar-refractivity contribution in [3.05, 3.63) is 72.3 Å². The molecule has 0 spiro atoms. The van der Waals surface area contributed by atoms with Gasteiger partial charge in [-0.05, 0) is 60.7 Å². The summed E-state index contributed by atoms with van der Waals surface area (Å²) in [7, 11) is 0. The summed E-state index contributed by atoms with van der Waals surface area (Å²) in [5.74, 6) is -0.321. The minimum absolute atomic E-state index is 0.186. The summed E-state index contributed by atoms with van der Waals surface area (Å²) >= 11 is 6.39. The maximum atomic E-state index is 12.5. The maximum absolute atomic E-state index is 12.5. The van der Waals surface area contributed by atoms with Crippen molar-refractivity contribution in [3.8, 4) is 5.69 Å². The van der Waals surface area contributed by atoms with Crippen molar-refractivity contribution in [2.75, 3.05) is 5.32 Å². The fourth-order valence-electron chi connectivity index (χ4n) is 2.93. The van der Waals surface area contributed by atoms with Crippen LogP contribution in [0.5, 0.6) is 0 Å². The van der Waals surface area contributed by atoms with Crippen LogP contribution in [0.4, 0.5) is 5.69 Å². The molecule has 0 saturated heterocycles. The van der Waals surface area contributed by atoms with Crippen molar-refractivity contribution in [3.63, 3.8) is 0 Å². The highest BCUT2D eigenvalue weighted by Crippen LogP contribution is 2.18. The molecule has 0 aliphatic rings. The molecular formula is C20H13N7OS2. The van der Waals surface area contributed by atoms with Gasteiger partial charge < -0.3 is 5.32 Å². The van der Waals surface area contributed by atoms with Crippen LogP contribution in [0.3, 0.4) is 0 Å². The van der Waals surface area contributed by atoms with E-state index in [1.165, 1.54) is 0 Å². The van der Waals surface area contributed by atoms with Crippen molar-refractivity contribution >= 4 is 62.7 Å². The zero-order valence-electron chi connectivity index (χ0n) is 15.3. The minimum Gasteiger partial charge on any atom is -0.332 e. The number of anilines is 1. The number of nitrogens with one attached hydrogen (secondary N) is 2. The predicted octanol–water partition coefficient (Wildman–Crippen LogP) is 3.55. The summed E-state index contributed by atoms with van der Waals surface area (Å²) in [4.78, 5) is 14.1. The van der Waals surface area contributed by atoms with Gasteiger partial charge in [0, 0.05) is 11.3 Å². The van der Waals surface area contributed by atoms with E-state index in [0.29, 0.717) is 22.3 Å². The van der Waals surface area contributed by atoms with E-state index in [0.717, 1.165) is 28.4 Å². The first-order valence-corrected chi connectivity index (χ1v) is 10.1. The van der Waals surface area contributed by atoms with E-state index < -0.39 is 0 Å². The van der Waals surface area contributed by atoms with Gasteiger partial charge in [0.2, 0.25) is 0 Å². The van der Waals surface area contributed by atoms with Crippen LogP contribution in [0.2, 0.25) is 0 Å². The molecule has 2 N–H and O–H groups in total. The molecule has 146 valence electrons. The van der Waals surface area contributed by atoms with E-state index in [9.17, 15) is 4.79 Å². The Morgan fingerprint density at radius 3 is 2.50 bits per heavy atom. The molecule has 0 atom stereocenters. The van der Waals surface area contributed by atoms with Gasteiger partial charge in [0.25, 0.3) is 5.91 Å². The zero-order chi connectivity index (χ0) is 20.5. The first-order valence-electron chi connectivity index (χ1n) is 8.93. The second-order valence-electron chi connectivity index (χ2n) is 6.40. The third-order valence-corrected chi connectivity index (χ3v) is 5.13. The number of rotatable bonds is 3. The standard InChI is InChI=1S/C20H13N7OS2/c28-19(12-6-8-16-18(10-12)26-30-25-16)22-20(29)21-13-7-9-15-17(11-13)24-27(23-15)14-4-2-1-3-5-14/h1-11H,(H2,21,22,28,29). The lowest BCUT2D eigenvalue weighted by molar-refractivity contribution is 0.0978. The molecule has 2 heterocycles. The third-order valence-electron chi connectivity index (χ3n) is 4.37. The molecule has 0 saturated carbocycles. The van der Waals surface area contributed by atoms with Crippen LogP contribution in [-0.4, -0.2) is 34.8 Å². The van der Waals surface area contributed by atoms with Crippen LogP contribution < -0.4 is 10.6 Å². The number of fused-ring (bicyclic) bond motifs is 2. The lowest BCUT2D eigenvalue weighted by Crippen LogP contribution is -2.34. The van der Waals surface area contributed by atoms with Gasteiger partial charge in [-0.2, -0.15) is 13.5 Å². The number of para-hydroxylation sites is 1. The van der Waals surface area contributed by atoms with E-state index >= 15 is 0 Å². The highest BCUT2D eigenvalue weighted by Gasteiger charge is 2.11. The molecule has 1 amide bonds. The van der Waals surface area contributed by atoms with Crippen molar-refractivity contribution in [2.24, 2.45) is 0 Å².